The van der Waals surface area contributed by atoms with Gasteiger partial charge in [0.25, 0.3) is 5.91 Å². The molecule has 0 bridgehead atoms. The summed E-state index contributed by atoms with van der Waals surface area (Å²) in [5, 5.41) is 13.4. The van der Waals surface area contributed by atoms with Gasteiger partial charge in [-0.25, -0.2) is 0 Å². The first-order chi connectivity index (χ1) is 8.71. The Morgan fingerprint density at radius 1 is 1.28 bits per heavy atom. The molecule has 0 aliphatic heterocycles. The smallest absolute Gasteiger partial charge is 0.271 e. The Kier molecular flexibility index (Phi) is 6.07. The molecule has 0 saturated carbocycles. The van der Waals surface area contributed by atoms with Crippen LogP contribution in [-0.4, -0.2) is 54.2 Å². The van der Waals surface area contributed by atoms with E-state index in [0.29, 0.717) is 18.1 Å². The highest BCUT2D eigenvalue weighted by Gasteiger charge is 2.07. The number of hydrogen-bond acceptors (Lipinski definition) is 5. The van der Waals surface area contributed by atoms with Crippen molar-refractivity contribution < 1.29 is 4.79 Å². The Labute approximate surface area is 108 Å². The molecule has 0 radical (unpaired) electrons. The predicted molar refractivity (Wildman–Crippen MR) is 71.7 cm³/mol. The van der Waals surface area contributed by atoms with Crippen molar-refractivity contribution in [3.05, 3.63) is 17.8 Å². The molecule has 0 aliphatic rings. The van der Waals surface area contributed by atoms with Crippen molar-refractivity contribution in [2.24, 2.45) is 0 Å². The van der Waals surface area contributed by atoms with Crippen LogP contribution in [0, 0.1) is 0 Å². The van der Waals surface area contributed by atoms with Gasteiger partial charge in [-0.05, 0) is 25.2 Å². The van der Waals surface area contributed by atoms with Crippen molar-refractivity contribution in [1.29, 1.82) is 0 Å². The number of hydrogen-bond donors (Lipinski definition) is 2. The Morgan fingerprint density at radius 3 is 2.50 bits per heavy atom. The van der Waals surface area contributed by atoms with Gasteiger partial charge in [-0.15, -0.1) is 10.2 Å². The molecule has 18 heavy (non-hydrogen) atoms. The molecular weight excluding hydrogens is 230 g/mol. The fourth-order valence-electron chi connectivity index (χ4n) is 1.54. The molecule has 1 amide bonds. The topological polar surface area (TPSA) is 70.2 Å². The number of anilines is 1. The monoisotopic (exact) mass is 251 g/mol. The predicted octanol–water partition coefficient (Wildman–Crippen LogP) is 0.590. The van der Waals surface area contributed by atoms with Gasteiger partial charge in [0.15, 0.2) is 5.69 Å². The molecule has 0 aromatic carbocycles. The summed E-state index contributed by atoms with van der Waals surface area (Å²) < 4.78 is 0. The third kappa shape index (κ3) is 4.29. The molecule has 100 valence electrons. The van der Waals surface area contributed by atoms with Gasteiger partial charge in [0.2, 0.25) is 0 Å². The van der Waals surface area contributed by atoms with E-state index < -0.39 is 0 Å². The highest BCUT2D eigenvalue weighted by atomic mass is 16.1. The van der Waals surface area contributed by atoms with E-state index in [0.717, 1.165) is 19.6 Å². The molecule has 0 saturated heterocycles. The molecule has 0 atom stereocenters. The van der Waals surface area contributed by atoms with E-state index in [9.17, 15) is 4.79 Å². The zero-order valence-electron chi connectivity index (χ0n) is 11.2. The van der Waals surface area contributed by atoms with E-state index >= 15 is 0 Å². The molecule has 2 N–H and O–H groups in total. The van der Waals surface area contributed by atoms with Gasteiger partial charge >= 0.3 is 0 Å². The van der Waals surface area contributed by atoms with Crippen LogP contribution < -0.4 is 10.6 Å². The molecular formula is C12H21N5O. The van der Waals surface area contributed by atoms with Crippen molar-refractivity contribution in [2.75, 3.05) is 38.5 Å². The lowest BCUT2D eigenvalue weighted by Crippen LogP contribution is -2.35. The summed E-state index contributed by atoms with van der Waals surface area (Å²) in [6.45, 7) is 7.66. The van der Waals surface area contributed by atoms with E-state index in [1.807, 2.05) is 0 Å². The van der Waals surface area contributed by atoms with E-state index in [1.165, 1.54) is 0 Å². The standard InChI is InChI=1S/C12H21N5O/c1-4-17(5-2)9-8-14-12(18)10-6-7-11(13-3)16-15-10/h6-7H,4-5,8-9H2,1-3H3,(H,13,16)(H,14,18). The largest absolute Gasteiger partial charge is 0.372 e. The van der Waals surface area contributed by atoms with Gasteiger partial charge in [0, 0.05) is 20.1 Å². The van der Waals surface area contributed by atoms with Gasteiger partial charge in [-0.2, -0.15) is 0 Å². The Hall–Kier alpha value is -1.69. The molecule has 0 aliphatic carbocycles. The number of amides is 1. The van der Waals surface area contributed by atoms with E-state index in [-0.39, 0.29) is 5.91 Å². The van der Waals surface area contributed by atoms with Crippen molar-refractivity contribution in [1.82, 2.24) is 20.4 Å². The fourth-order valence-corrected chi connectivity index (χ4v) is 1.54. The van der Waals surface area contributed by atoms with E-state index in [1.54, 1.807) is 19.2 Å². The van der Waals surface area contributed by atoms with Crippen LogP contribution in [0.1, 0.15) is 24.3 Å². The average molecular weight is 251 g/mol. The van der Waals surface area contributed by atoms with Crippen LogP contribution in [0.25, 0.3) is 0 Å². The van der Waals surface area contributed by atoms with Crippen molar-refractivity contribution in [2.45, 2.75) is 13.8 Å². The summed E-state index contributed by atoms with van der Waals surface area (Å²) in [4.78, 5) is 14.0. The summed E-state index contributed by atoms with van der Waals surface area (Å²) in [5.74, 6) is 0.465. The summed E-state index contributed by atoms with van der Waals surface area (Å²) in [7, 11) is 1.76. The van der Waals surface area contributed by atoms with Crippen molar-refractivity contribution >= 4 is 11.7 Å². The minimum absolute atomic E-state index is 0.183. The van der Waals surface area contributed by atoms with Crippen LogP contribution in [0.15, 0.2) is 12.1 Å². The van der Waals surface area contributed by atoms with Crippen LogP contribution in [0.5, 0.6) is 0 Å². The van der Waals surface area contributed by atoms with Crippen LogP contribution in [0.4, 0.5) is 5.82 Å². The average Bonchev–Trinajstić information content (AvgIpc) is 2.43. The Bertz CT molecular complexity index is 361. The van der Waals surface area contributed by atoms with Crippen LogP contribution in [0.3, 0.4) is 0 Å². The van der Waals surface area contributed by atoms with Gasteiger partial charge < -0.3 is 15.5 Å². The molecule has 6 nitrogen and oxygen atoms in total. The minimum atomic E-state index is -0.183. The second-order valence-electron chi connectivity index (χ2n) is 3.84. The Morgan fingerprint density at radius 2 is 2.00 bits per heavy atom. The maximum Gasteiger partial charge on any atom is 0.271 e. The molecule has 1 aromatic rings. The first kappa shape index (κ1) is 14.4. The van der Waals surface area contributed by atoms with Crippen molar-refractivity contribution in [3.8, 4) is 0 Å². The third-order valence-electron chi connectivity index (χ3n) is 2.76. The molecule has 0 fully saturated rings. The van der Waals surface area contributed by atoms with Crippen LogP contribution in [-0.2, 0) is 0 Å². The summed E-state index contributed by atoms with van der Waals surface area (Å²) in [5.41, 5.74) is 0.341. The lowest BCUT2D eigenvalue weighted by atomic mass is 10.3. The number of carbonyl (C=O) groups excluding carboxylic acids is 1. The first-order valence-electron chi connectivity index (χ1n) is 6.23. The summed E-state index contributed by atoms with van der Waals surface area (Å²) in [6, 6.07) is 3.39. The number of likely N-dealkylation sites (N-methyl/N-ethyl adjacent to an activating group) is 1. The summed E-state index contributed by atoms with van der Waals surface area (Å²) >= 11 is 0. The van der Waals surface area contributed by atoms with Gasteiger partial charge in [-0.1, -0.05) is 13.8 Å². The second-order valence-corrected chi connectivity index (χ2v) is 3.84. The van der Waals surface area contributed by atoms with E-state index in [2.05, 4.69) is 39.6 Å². The molecule has 6 heteroatoms. The van der Waals surface area contributed by atoms with Crippen LogP contribution in [0.2, 0.25) is 0 Å². The van der Waals surface area contributed by atoms with Crippen LogP contribution >= 0.6 is 0 Å². The highest BCUT2D eigenvalue weighted by Crippen LogP contribution is 2.00. The lowest BCUT2D eigenvalue weighted by molar-refractivity contribution is 0.0943. The molecule has 1 heterocycles. The minimum Gasteiger partial charge on any atom is -0.372 e. The third-order valence-corrected chi connectivity index (χ3v) is 2.76. The number of nitrogens with one attached hydrogen (secondary N) is 2. The highest BCUT2D eigenvalue weighted by molar-refractivity contribution is 5.92. The first-order valence-corrected chi connectivity index (χ1v) is 6.23. The van der Waals surface area contributed by atoms with Gasteiger partial charge in [0.1, 0.15) is 5.82 Å². The quantitative estimate of drug-likeness (QED) is 0.742. The SMILES string of the molecule is CCN(CC)CCNC(=O)c1ccc(NC)nn1. The molecule has 1 rings (SSSR count). The molecule has 1 aromatic heterocycles. The number of rotatable bonds is 7. The second kappa shape index (κ2) is 7.60. The number of aromatic nitrogens is 2. The fraction of sp³-hybridized carbons (Fsp3) is 0.583. The normalized spacial score (nSPS) is 10.4. The number of carbonyl (C=O) groups is 1. The lowest BCUT2D eigenvalue weighted by Gasteiger charge is -2.17. The van der Waals surface area contributed by atoms with Crippen molar-refractivity contribution in [3.63, 3.8) is 0 Å². The van der Waals surface area contributed by atoms with E-state index in [4.69, 9.17) is 0 Å². The molecule has 0 unspecified atom stereocenters. The molecule has 0 spiro atoms. The maximum atomic E-state index is 11.7. The van der Waals surface area contributed by atoms with Gasteiger partial charge in [-0.3, -0.25) is 4.79 Å². The van der Waals surface area contributed by atoms with Gasteiger partial charge in [0.05, 0.1) is 0 Å². The summed E-state index contributed by atoms with van der Waals surface area (Å²) in [6.07, 6.45) is 0. The Balaban J connectivity index is 2.40. The number of nitrogens with zero attached hydrogens (tertiary/aromatic N) is 3. The maximum absolute atomic E-state index is 11.7. The zero-order valence-corrected chi connectivity index (χ0v) is 11.2. The zero-order chi connectivity index (χ0) is 13.4.